The predicted molar refractivity (Wildman–Crippen MR) is 61.0 cm³/mol. The Bertz CT molecular complexity index is 370. The lowest BCUT2D eigenvalue weighted by atomic mass is 10.2. The van der Waals surface area contributed by atoms with Gasteiger partial charge in [-0.25, -0.2) is 4.39 Å². The quantitative estimate of drug-likeness (QED) is 0.889. The fourth-order valence-corrected chi connectivity index (χ4v) is 1.45. The van der Waals surface area contributed by atoms with E-state index in [1.807, 2.05) is 6.92 Å². The smallest absolute Gasteiger partial charge is 0.241 e. The topological polar surface area (TPSA) is 55.1 Å². The molecule has 0 saturated carbocycles. The summed E-state index contributed by atoms with van der Waals surface area (Å²) in [6.45, 7) is 1.82. The molecule has 5 heteroatoms. The third-order valence-electron chi connectivity index (χ3n) is 1.97. The highest BCUT2D eigenvalue weighted by atomic mass is 79.9. The first kappa shape index (κ1) is 12.1. The molecule has 1 aromatic carbocycles. The van der Waals surface area contributed by atoms with Crippen LogP contribution in [0.3, 0.4) is 0 Å². The fraction of sp³-hybridized carbons (Fsp3) is 0.300. The van der Waals surface area contributed by atoms with Gasteiger partial charge < -0.3 is 11.1 Å². The van der Waals surface area contributed by atoms with Gasteiger partial charge in [-0.2, -0.15) is 0 Å². The van der Waals surface area contributed by atoms with Crippen LogP contribution in [0.2, 0.25) is 0 Å². The highest BCUT2D eigenvalue weighted by Gasteiger charge is 2.12. The van der Waals surface area contributed by atoms with Gasteiger partial charge in [0, 0.05) is 4.47 Å². The maximum atomic E-state index is 12.7. The van der Waals surface area contributed by atoms with E-state index in [0.717, 1.165) is 0 Å². The van der Waals surface area contributed by atoms with E-state index in [0.29, 0.717) is 16.6 Å². The molecule has 0 fully saturated rings. The number of nitrogens with one attached hydrogen (secondary N) is 1. The average molecular weight is 275 g/mol. The van der Waals surface area contributed by atoms with Gasteiger partial charge in [0.05, 0.1) is 11.7 Å². The summed E-state index contributed by atoms with van der Waals surface area (Å²) in [5.74, 6) is -0.635. The zero-order chi connectivity index (χ0) is 11.4. The third-order valence-corrected chi connectivity index (χ3v) is 2.62. The lowest BCUT2D eigenvalue weighted by Gasteiger charge is -2.11. The first-order valence-electron chi connectivity index (χ1n) is 4.56. The summed E-state index contributed by atoms with van der Waals surface area (Å²) in [5.41, 5.74) is 6.06. The van der Waals surface area contributed by atoms with Crippen LogP contribution in [-0.4, -0.2) is 11.9 Å². The van der Waals surface area contributed by atoms with E-state index in [1.165, 1.54) is 18.2 Å². The summed E-state index contributed by atoms with van der Waals surface area (Å²) in [7, 11) is 0. The van der Waals surface area contributed by atoms with E-state index in [9.17, 15) is 9.18 Å². The first-order chi connectivity index (χ1) is 7.04. The second kappa shape index (κ2) is 5.23. The fourth-order valence-electron chi connectivity index (χ4n) is 1.00. The van der Waals surface area contributed by atoms with Gasteiger partial charge in [-0.1, -0.05) is 6.92 Å². The summed E-state index contributed by atoms with van der Waals surface area (Å²) in [6, 6.07) is 3.51. The lowest BCUT2D eigenvalue weighted by molar-refractivity contribution is -0.117. The Labute approximate surface area is 96.0 Å². The largest absolute Gasteiger partial charge is 0.324 e. The Morgan fingerprint density at radius 1 is 1.67 bits per heavy atom. The van der Waals surface area contributed by atoms with Gasteiger partial charge in [0.2, 0.25) is 5.91 Å². The Hall–Kier alpha value is -0.940. The molecule has 1 aromatic rings. The van der Waals surface area contributed by atoms with Crippen molar-refractivity contribution in [2.45, 2.75) is 19.4 Å². The lowest BCUT2D eigenvalue weighted by Crippen LogP contribution is -2.34. The van der Waals surface area contributed by atoms with Crippen molar-refractivity contribution in [2.24, 2.45) is 5.73 Å². The number of halogens is 2. The van der Waals surface area contributed by atoms with Crippen LogP contribution in [0.4, 0.5) is 10.1 Å². The van der Waals surface area contributed by atoms with Crippen LogP contribution in [0, 0.1) is 5.82 Å². The summed E-state index contributed by atoms with van der Waals surface area (Å²) in [6.07, 6.45) is 0.560. The van der Waals surface area contributed by atoms with E-state index in [1.54, 1.807) is 0 Å². The van der Waals surface area contributed by atoms with Crippen molar-refractivity contribution in [3.63, 3.8) is 0 Å². The molecule has 0 saturated heterocycles. The number of carbonyl (C=O) groups is 1. The number of carbonyl (C=O) groups excluding carboxylic acids is 1. The zero-order valence-electron chi connectivity index (χ0n) is 8.26. The Kier molecular flexibility index (Phi) is 4.23. The molecule has 1 atom stereocenters. The van der Waals surface area contributed by atoms with Crippen molar-refractivity contribution in [1.29, 1.82) is 0 Å². The van der Waals surface area contributed by atoms with Gasteiger partial charge in [-0.15, -0.1) is 0 Å². The summed E-state index contributed by atoms with van der Waals surface area (Å²) >= 11 is 3.15. The maximum Gasteiger partial charge on any atom is 0.241 e. The number of benzene rings is 1. The van der Waals surface area contributed by atoms with Gasteiger partial charge in [-0.05, 0) is 40.5 Å². The number of hydrogen-bond acceptors (Lipinski definition) is 2. The second-order valence-corrected chi connectivity index (χ2v) is 3.98. The minimum atomic E-state index is -0.540. The van der Waals surface area contributed by atoms with Crippen molar-refractivity contribution < 1.29 is 9.18 Å². The van der Waals surface area contributed by atoms with E-state index < -0.39 is 6.04 Å². The predicted octanol–water partition coefficient (Wildman–Crippen LogP) is 2.26. The van der Waals surface area contributed by atoms with Crippen LogP contribution in [0.15, 0.2) is 22.7 Å². The van der Waals surface area contributed by atoms with Gasteiger partial charge in [0.1, 0.15) is 5.82 Å². The van der Waals surface area contributed by atoms with Crippen molar-refractivity contribution in [3.05, 3.63) is 28.5 Å². The van der Waals surface area contributed by atoms with Crippen LogP contribution in [0.25, 0.3) is 0 Å². The van der Waals surface area contributed by atoms with Crippen LogP contribution in [-0.2, 0) is 4.79 Å². The number of amides is 1. The maximum absolute atomic E-state index is 12.7. The van der Waals surface area contributed by atoms with Gasteiger partial charge in [0.15, 0.2) is 0 Å². The van der Waals surface area contributed by atoms with Crippen molar-refractivity contribution in [3.8, 4) is 0 Å². The number of nitrogens with two attached hydrogens (primary N) is 1. The minimum Gasteiger partial charge on any atom is -0.324 e. The van der Waals surface area contributed by atoms with E-state index in [2.05, 4.69) is 21.2 Å². The molecule has 1 amide bonds. The molecular formula is C10H12BrFN2O. The summed E-state index contributed by atoms with van der Waals surface area (Å²) < 4.78 is 13.2. The van der Waals surface area contributed by atoms with Crippen molar-refractivity contribution >= 4 is 27.5 Å². The first-order valence-corrected chi connectivity index (χ1v) is 5.35. The monoisotopic (exact) mass is 274 g/mol. The SMILES string of the molecule is CC[C@@H](N)C(=O)Nc1ccc(F)cc1Br. The zero-order valence-corrected chi connectivity index (χ0v) is 9.84. The molecule has 0 aromatic heterocycles. The molecule has 0 spiro atoms. The molecular weight excluding hydrogens is 263 g/mol. The highest BCUT2D eigenvalue weighted by molar-refractivity contribution is 9.10. The molecule has 0 aliphatic carbocycles. The molecule has 0 heterocycles. The average Bonchev–Trinajstić information content (AvgIpc) is 2.20. The Balaban J connectivity index is 2.77. The van der Waals surface area contributed by atoms with E-state index in [-0.39, 0.29) is 11.7 Å². The van der Waals surface area contributed by atoms with E-state index in [4.69, 9.17) is 5.73 Å². The minimum absolute atomic E-state index is 0.273. The van der Waals surface area contributed by atoms with Crippen LogP contribution in [0.5, 0.6) is 0 Å². The molecule has 0 aliphatic heterocycles. The van der Waals surface area contributed by atoms with Gasteiger partial charge in [0.25, 0.3) is 0 Å². The van der Waals surface area contributed by atoms with Gasteiger partial charge in [-0.3, -0.25) is 4.79 Å². The summed E-state index contributed by atoms with van der Waals surface area (Å²) in [5, 5.41) is 2.61. The number of hydrogen-bond donors (Lipinski definition) is 2. The Morgan fingerprint density at radius 2 is 2.33 bits per heavy atom. The van der Waals surface area contributed by atoms with Crippen LogP contribution < -0.4 is 11.1 Å². The molecule has 1 rings (SSSR count). The molecule has 3 N–H and O–H groups in total. The molecule has 3 nitrogen and oxygen atoms in total. The van der Waals surface area contributed by atoms with Crippen LogP contribution in [0.1, 0.15) is 13.3 Å². The second-order valence-electron chi connectivity index (χ2n) is 3.13. The highest BCUT2D eigenvalue weighted by Crippen LogP contribution is 2.23. The standard InChI is InChI=1S/C10H12BrFN2O/c1-2-8(13)10(15)14-9-4-3-6(12)5-7(9)11/h3-5,8H,2,13H2,1H3,(H,14,15)/t8-/m1/s1. The molecule has 0 bridgehead atoms. The van der Waals surface area contributed by atoms with E-state index >= 15 is 0 Å². The van der Waals surface area contributed by atoms with Gasteiger partial charge >= 0.3 is 0 Å². The summed E-state index contributed by atoms with van der Waals surface area (Å²) in [4.78, 5) is 11.4. The number of rotatable bonds is 3. The molecule has 0 radical (unpaired) electrons. The van der Waals surface area contributed by atoms with Crippen molar-refractivity contribution in [2.75, 3.05) is 5.32 Å². The van der Waals surface area contributed by atoms with Crippen LogP contribution >= 0.6 is 15.9 Å². The Morgan fingerprint density at radius 3 is 2.87 bits per heavy atom. The molecule has 82 valence electrons. The normalized spacial score (nSPS) is 12.3. The molecule has 0 unspecified atom stereocenters. The molecule has 15 heavy (non-hydrogen) atoms. The molecule has 0 aliphatic rings. The number of anilines is 1. The third kappa shape index (κ3) is 3.28. The van der Waals surface area contributed by atoms with Crippen molar-refractivity contribution in [1.82, 2.24) is 0 Å².